The second-order valence-electron chi connectivity index (χ2n) is 5.15. The highest BCUT2D eigenvalue weighted by molar-refractivity contribution is 6.88. The van der Waals surface area contributed by atoms with E-state index < -0.39 is 19.7 Å². The van der Waals surface area contributed by atoms with Crippen LogP contribution in [0.2, 0.25) is 19.6 Å². The second-order valence-corrected chi connectivity index (χ2v) is 10.2. The van der Waals surface area contributed by atoms with Crippen LogP contribution in [0.4, 0.5) is 8.78 Å². The standard InChI is InChI=1S/C12H18F2OSi/c1-8(2)15-10-7-6-9(13)12(11(10)14)16(3,4)5/h6-8H,1-5H3. The normalized spacial score (nSPS) is 12.0. The number of hydrogen-bond acceptors (Lipinski definition) is 1. The highest BCUT2D eigenvalue weighted by atomic mass is 28.3. The van der Waals surface area contributed by atoms with Gasteiger partial charge in [0.05, 0.1) is 14.2 Å². The lowest BCUT2D eigenvalue weighted by atomic mass is 10.3. The second kappa shape index (κ2) is 4.53. The molecule has 1 aromatic rings. The molecule has 0 aliphatic rings. The Morgan fingerprint density at radius 2 is 1.69 bits per heavy atom. The van der Waals surface area contributed by atoms with Gasteiger partial charge in [0.1, 0.15) is 5.82 Å². The van der Waals surface area contributed by atoms with Crippen LogP contribution in [-0.4, -0.2) is 14.2 Å². The summed E-state index contributed by atoms with van der Waals surface area (Å²) in [7, 11) is -2.03. The van der Waals surface area contributed by atoms with E-state index in [9.17, 15) is 8.78 Å². The van der Waals surface area contributed by atoms with Crippen molar-refractivity contribution in [1.29, 1.82) is 0 Å². The molecule has 0 aliphatic heterocycles. The van der Waals surface area contributed by atoms with Crippen LogP contribution in [0.25, 0.3) is 0 Å². The van der Waals surface area contributed by atoms with Gasteiger partial charge >= 0.3 is 0 Å². The zero-order valence-electron chi connectivity index (χ0n) is 10.4. The molecule has 0 spiro atoms. The fraction of sp³-hybridized carbons (Fsp3) is 0.500. The number of halogens is 2. The maximum absolute atomic E-state index is 14.1. The Hall–Kier alpha value is -0.903. The summed E-state index contributed by atoms with van der Waals surface area (Å²) in [5.74, 6) is -0.852. The Morgan fingerprint density at radius 3 is 2.12 bits per heavy atom. The van der Waals surface area contributed by atoms with Crippen LogP contribution in [0.3, 0.4) is 0 Å². The number of hydrogen-bond donors (Lipinski definition) is 0. The molecule has 1 nitrogen and oxygen atoms in total. The fourth-order valence-corrected chi connectivity index (χ4v) is 3.15. The molecule has 0 heterocycles. The number of ether oxygens (including phenoxy) is 1. The first-order valence-electron chi connectivity index (χ1n) is 5.38. The Balaban J connectivity index is 3.28. The molecule has 1 aromatic carbocycles. The van der Waals surface area contributed by atoms with Gasteiger partial charge in [-0.1, -0.05) is 19.6 Å². The first-order chi connectivity index (χ1) is 7.23. The van der Waals surface area contributed by atoms with Crippen molar-refractivity contribution in [1.82, 2.24) is 0 Å². The predicted octanol–water partition coefficient (Wildman–Crippen LogP) is 3.30. The van der Waals surface area contributed by atoms with Crippen LogP contribution in [0.15, 0.2) is 12.1 Å². The maximum Gasteiger partial charge on any atom is 0.167 e. The Bertz CT molecular complexity index is 383. The third-order valence-electron chi connectivity index (χ3n) is 2.17. The van der Waals surface area contributed by atoms with Gasteiger partial charge in [-0.3, -0.25) is 0 Å². The average molecular weight is 244 g/mol. The van der Waals surface area contributed by atoms with Crippen molar-refractivity contribution in [2.75, 3.05) is 0 Å². The largest absolute Gasteiger partial charge is 0.488 e. The van der Waals surface area contributed by atoms with E-state index in [4.69, 9.17) is 4.74 Å². The lowest BCUT2D eigenvalue weighted by Crippen LogP contribution is -2.42. The minimum absolute atomic E-state index is 0.116. The molecule has 0 aromatic heterocycles. The van der Waals surface area contributed by atoms with E-state index in [1.165, 1.54) is 12.1 Å². The highest BCUT2D eigenvalue weighted by Gasteiger charge is 2.27. The average Bonchev–Trinajstić information content (AvgIpc) is 2.07. The molecule has 0 radical (unpaired) electrons. The van der Waals surface area contributed by atoms with Crippen LogP contribution < -0.4 is 9.92 Å². The smallest absolute Gasteiger partial charge is 0.167 e. The third-order valence-corrected chi connectivity index (χ3v) is 4.13. The highest BCUT2D eigenvalue weighted by Crippen LogP contribution is 2.20. The van der Waals surface area contributed by atoms with Crippen LogP contribution in [0.1, 0.15) is 13.8 Å². The predicted molar refractivity (Wildman–Crippen MR) is 65.1 cm³/mol. The first kappa shape index (κ1) is 13.2. The van der Waals surface area contributed by atoms with Gasteiger partial charge in [0.25, 0.3) is 0 Å². The van der Waals surface area contributed by atoms with Crippen LogP contribution >= 0.6 is 0 Å². The summed E-state index contributed by atoms with van der Waals surface area (Å²) < 4.78 is 33.0. The lowest BCUT2D eigenvalue weighted by Gasteiger charge is -2.20. The van der Waals surface area contributed by atoms with Gasteiger partial charge in [-0.05, 0) is 26.0 Å². The van der Waals surface area contributed by atoms with Gasteiger partial charge in [-0.2, -0.15) is 0 Å². The zero-order valence-corrected chi connectivity index (χ0v) is 11.4. The van der Waals surface area contributed by atoms with Crippen molar-refractivity contribution in [3.05, 3.63) is 23.8 Å². The maximum atomic E-state index is 14.1. The molecule has 0 bridgehead atoms. The molecule has 0 amide bonds. The Morgan fingerprint density at radius 1 is 1.12 bits per heavy atom. The fourth-order valence-electron chi connectivity index (χ4n) is 1.57. The molecule has 0 unspecified atom stereocenters. The number of rotatable bonds is 3. The summed E-state index contributed by atoms with van der Waals surface area (Å²) in [5.41, 5.74) is 0. The molecule has 0 atom stereocenters. The first-order valence-corrected chi connectivity index (χ1v) is 8.88. The van der Waals surface area contributed by atoms with E-state index in [0.717, 1.165) is 0 Å². The van der Waals surface area contributed by atoms with E-state index in [2.05, 4.69) is 0 Å². The van der Waals surface area contributed by atoms with Crippen molar-refractivity contribution in [2.45, 2.75) is 39.6 Å². The molecule has 0 saturated heterocycles. The van der Waals surface area contributed by atoms with Crippen LogP contribution in [0, 0.1) is 11.6 Å². The Kier molecular flexibility index (Phi) is 3.73. The number of benzene rings is 1. The van der Waals surface area contributed by atoms with E-state index in [1.807, 2.05) is 33.5 Å². The summed E-state index contributed by atoms with van der Waals surface area (Å²) in [6.45, 7) is 9.36. The van der Waals surface area contributed by atoms with Gasteiger partial charge in [0.2, 0.25) is 0 Å². The van der Waals surface area contributed by atoms with Gasteiger partial charge < -0.3 is 4.74 Å². The minimum atomic E-state index is -2.03. The topological polar surface area (TPSA) is 9.23 Å². The van der Waals surface area contributed by atoms with Crippen molar-refractivity contribution in [3.63, 3.8) is 0 Å². The van der Waals surface area contributed by atoms with Crippen LogP contribution in [-0.2, 0) is 0 Å². The molecule has 0 N–H and O–H groups in total. The molecule has 90 valence electrons. The third kappa shape index (κ3) is 2.81. The summed E-state index contributed by atoms with van der Waals surface area (Å²) in [6.07, 6.45) is -0.116. The quantitative estimate of drug-likeness (QED) is 0.741. The van der Waals surface area contributed by atoms with Crippen molar-refractivity contribution < 1.29 is 13.5 Å². The SMILES string of the molecule is CC(C)Oc1ccc(F)c([Si](C)(C)C)c1F. The molecule has 0 aliphatic carbocycles. The van der Waals surface area contributed by atoms with Crippen molar-refractivity contribution in [3.8, 4) is 5.75 Å². The summed E-state index contributed by atoms with van der Waals surface area (Å²) in [5, 5.41) is 0.214. The zero-order chi connectivity index (χ0) is 12.5. The Labute approximate surface area is 96.4 Å². The van der Waals surface area contributed by atoms with E-state index in [1.54, 1.807) is 0 Å². The van der Waals surface area contributed by atoms with Crippen LogP contribution in [0.5, 0.6) is 5.75 Å². The summed E-state index contributed by atoms with van der Waals surface area (Å²) >= 11 is 0. The van der Waals surface area contributed by atoms with E-state index in [-0.39, 0.29) is 17.0 Å². The van der Waals surface area contributed by atoms with Crippen molar-refractivity contribution in [2.24, 2.45) is 0 Å². The molecule has 4 heteroatoms. The lowest BCUT2D eigenvalue weighted by molar-refractivity contribution is 0.231. The van der Waals surface area contributed by atoms with E-state index >= 15 is 0 Å². The van der Waals surface area contributed by atoms with Gasteiger partial charge in [0, 0.05) is 5.19 Å². The molecule has 16 heavy (non-hydrogen) atoms. The van der Waals surface area contributed by atoms with Gasteiger partial charge in [-0.25, -0.2) is 8.78 Å². The molecular formula is C12H18F2OSi. The summed E-state index contributed by atoms with van der Waals surface area (Å²) in [6, 6.07) is 2.64. The van der Waals surface area contributed by atoms with Crippen molar-refractivity contribution >= 4 is 13.3 Å². The minimum Gasteiger partial charge on any atom is -0.488 e. The molecule has 1 rings (SSSR count). The molecular weight excluding hydrogens is 226 g/mol. The van der Waals surface area contributed by atoms with E-state index in [0.29, 0.717) is 0 Å². The monoisotopic (exact) mass is 244 g/mol. The molecule has 0 saturated carbocycles. The molecule has 0 fully saturated rings. The summed E-state index contributed by atoms with van der Waals surface area (Å²) in [4.78, 5) is 0. The van der Waals surface area contributed by atoms with Gasteiger partial charge in [-0.15, -0.1) is 0 Å². The van der Waals surface area contributed by atoms with Gasteiger partial charge in [0.15, 0.2) is 11.6 Å².